The first-order valence-electron chi connectivity index (χ1n) is 7.11. The van der Waals surface area contributed by atoms with Gasteiger partial charge in [0.2, 0.25) is 18.6 Å². The Bertz CT molecular complexity index is 516. The topological polar surface area (TPSA) is 76.7 Å². The molecule has 1 aromatic rings. The lowest BCUT2D eigenvalue weighted by Crippen LogP contribution is -2.32. The Hall–Kier alpha value is -2.24. The van der Waals surface area contributed by atoms with Crippen molar-refractivity contribution in [1.82, 2.24) is 10.6 Å². The highest BCUT2D eigenvalue weighted by Crippen LogP contribution is 2.32. The first-order chi connectivity index (χ1) is 10.2. The van der Waals surface area contributed by atoms with Gasteiger partial charge in [0.05, 0.1) is 0 Å². The molecule has 6 heteroatoms. The zero-order valence-corrected chi connectivity index (χ0v) is 12.1. The van der Waals surface area contributed by atoms with Crippen molar-refractivity contribution < 1.29 is 19.1 Å². The van der Waals surface area contributed by atoms with Gasteiger partial charge in [0, 0.05) is 13.1 Å². The van der Waals surface area contributed by atoms with E-state index in [1.807, 2.05) is 19.1 Å². The summed E-state index contributed by atoms with van der Waals surface area (Å²) in [6.45, 7) is 3.25. The van der Waals surface area contributed by atoms with Crippen LogP contribution in [0.4, 0.5) is 0 Å². The molecule has 0 aromatic heterocycles. The van der Waals surface area contributed by atoms with Crippen LogP contribution in [0.25, 0.3) is 0 Å². The lowest BCUT2D eigenvalue weighted by molar-refractivity contribution is -0.129. The molecular formula is C15H20N2O4. The highest BCUT2D eigenvalue weighted by Gasteiger charge is 2.14. The summed E-state index contributed by atoms with van der Waals surface area (Å²) >= 11 is 0. The second kappa shape index (κ2) is 7.52. The van der Waals surface area contributed by atoms with Crippen LogP contribution in [0.5, 0.6) is 11.5 Å². The zero-order valence-electron chi connectivity index (χ0n) is 12.1. The van der Waals surface area contributed by atoms with Crippen molar-refractivity contribution in [3.8, 4) is 11.5 Å². The van der Waals surface area contributed by atoms with Crippen molar-refractivity contribution in [2.45, 2.75) is 32.7 Å². The highest BCUT2D eigenvalue weighted by atomic mass is 16.7. The normalized spacial score (nSPS) is 12.0. The quantitative estimate of drug-likeness (QED) is 0.587. The van der Waals surface area contributed by atoms with E-state index in [2.05, 4.69) is 10.6 Å². The molecule has 2 amide bonds. The van der Waals surface area contributed by atoms with Crippen LogP contribution in [-0.4, -0.2) is 25.2 Å². The minimum Gasteiger partial charge on any atom is -0.454 e. The molecule has 21 heavy (non-hydrogen) atoms. The van der Waals surface area contributed by atoms with Crippen molar-refractivity contribution in [2.75, 3.05) is 13.3 Å². The van der Waals surface area contributed by atoms with Gasteiger partial charge in [0.15, 0.2) is 11.5 Å². The summed E-state index contributed by atoms with van der Waals surface area (Å²) in [7, 11) is 0. The van der Waals surface area contributed by atoms with Gasteiger partial charge in [-0.1, -0.05) is 19.4 Å². The molecule has 114 valence electrons. The molecule has 0 radical (unpaired) electrons. The molecule has 0 unspecified atom stereocenters. The average molecular weight is 292 g/mol. The lowest BCUT2D eigenvalue weighted by Gasteiger charge is -2.07. The Balaban J connectivity index is 1.72. The third-order valence-electron chi connectivity index (χ3n) is 3.10. The van der Waals surface area contributed by atoms with Crippen molar-refractivity contribution >= 4 is 11.8 Å². The van der Waals surface area contributed by atoms with Crippen LogP contribution < -0.4 is 20.1 Å². The fourth-order valence-corrected chi connectivity index (χ4v) is 1.93. The molecule has 0 bridgehead atoms. The zero-order chi connectivity index (χ0) is 15.1. The van der Waals surface area contributed by atoms with E-state index in [-0.39, 0.29) is 25.0 Å². The maximum atomic E-state index is 11.7. The van der Waals surface area contributed by atoms with Crippen LogP contribution in [0.2, 0.25) is 0 Å². The Morgan fingerprint density at radius 2 is 1.90 bits per heavy atom. The fourth-order valence-electron chi connectivity index (χ4n) is 1.93. The number of nitrogens with one attached hydrogen (secondary N) is 2. The summed E-state index contributed by atoms with van der Waals surface area (Å²) < 4.78 is 10.5. The molecule has 0 spiro atoms. The second-order valence-electron chi connectivity index (χ2n) is 4.84. The molecule has 0 atom stereocenters. The van der Waals surface area contributed by atoms with Gasteiger partial charge in [-0.15, -0.1) is 0 Å². The third kappa shape index (κ3) is 4.66. The monoisotopic (exact) mass is 292 g/mol. The van der Waals surface area contributed by atoms with E-state index >= 15 is 0 Å². The van der Waals surface area contributed by atoms with Crippen LogP contribution in [0.15, 0.2) is 18.2 Å². The first kappa shape index (κ1) is 15.2. The number of unbranched alkanes of at least 4 members (excludes halogenated alkanes) is 1. The fraction of sp³-hybridized carbons (Fsp3) is 0.467. The van der Waals surface area contributed by atoms with Crippen LogP contribution in [0.3, 0.4) is 0 Å². The molecule has 1 aliphatic heterocycles. The first-order valence-corrected chi connectivity index (χ1v) is 7.11. The number of fused-ring (bicyclic) bond motifs is 1. The van der Waals surface area contributed by atoms with Crippen LogP contribution in [-0.2, 0) is 16.1 Å². The molecule has 0 saturated heterocycles. The minimum atomic E-state index is -0.290. The number of amides is 2. The van der Waals surface area contributed by atoms with E-state index in [0.717, 1.165) is 18.4 Å². The summed E-state index contributed by atoms with van der Waals surface area (Å²) in [6.07, 6.45) is 1.79. The number of hydrogen-bond donors (Lipinski definition) is 2. The van der Waals surface area contributed by atoms with E-state index < -0.39 is 0 Å². The number of hydrogen-bond acceptors (Lipinski definition) is 4. The van der Waals surface area contributed by atoms with Gasteiger partial charge in [-0.25, -0.2) is 0 Å². The Kier molecular flexibility index (Phi) is 5.43. The van der Waals surface area contributed by atoms with Gasteiger partial charge in [0.25, 0.3) is 0 Å². The van der Waals surface area contributed by atoms with Gasteiger partial charge in [-0.3, -0.25) is 9.59 Å². The van der Waals surface area contributed by atoms with Crippen molar-refractivity contribution in [3.63, 3.8) is 0 Å². The largest absolute Gasteiger partial charge is 0.454 e. The number of ether oxygens (including phenoxy) is 2. The molecule has 1 aromatic carbocycles. The maximum absolute atomic E-state index is 11.7. The van der Waals surface area contributed by atoms with E-state index in [9.17, 15) is 9.59 Å². The van der Waals surface area contributed by atoms with Gasteiger partial charge < -0.3 is 20.1 Å². The third-order valence-corrected chi connectivity index (χ3v) is 3.10. The predicted octanol–water partition coefficient (Wildman–Crippen LogP) is 1.34. The van der Waals surface area contributed by atoms with Crippen LogP contribution in [0, 0.1) is 0 Å². The molecule has 2 N–H and O–H groups in total. The van der Waals surface area contributed by atoms with E-state index in [1.54, 1.807) is 6.07 Å². The summed E-state index contributed by atoms with van der Waals surface area (Å²) in [4.78, 5) is 23.1. The molecule has 0 fully saturated rings. The van der Waals surface area contributed by atoms with Gasteiger partial charge in [0.1, 0.15) is 6.42 Å². The predicted molar refractivity (Wildman–Crippen MR) is 76.9 cm³/mol. The van der Waals surface area contributed by atoms with Crippen molar-refractivity contribution in [3.05, 3.63) is 23.8 Å². The molecule has 1 heterocycles. The maximum Gasteiger partial charge on any atom is 0.231 e. The molecule has 0 saturated carbocycles. The highest BCUT2D eigenvalue weighted by molar-refractivity contribution is 5.96. The molecular weight excluding hydrogens is 272 g/mol. The molecule has 2 rings (SSSR count). The Labute approximate surface area is 123 Å². The standard InChI is InChI=1S/C15H20N2O4/c1-2-3-6-16-14(18)8-15(19)17-9-11-4-5-12-13(7-11)21-10-20-12/h4-5,7H,2-3,6,8-10H2,1H3,(H,16,18)(H,17,19). The lowest BCUT2D eigenvalue weighted by atomic mass is 10.2. The van der Waals surface area contributed by atoms with Crippen LogP contribution >= 0.6 is 0 Å². The van der Waals surface area contributed by atoms with Crippen LogP contribution in [0.1, 0.15) is 31.7 Å². The average Bonchev–Trinajstić information content (AvgIpc) is 2.93. The van der Waals surface area contributed by atoms with E-state index in [1.165, 1.54) is 0 Å². The van der Waals surface area contributed by atoms with Gasteiger partial charge in [-0.2, -0.15) is 0 Å². The SMILES string of the molecule is CCCCNC(=O)CC(=O)NCc1ccc2c(c1)OCO2. The number of benzene rings is 1. The summed E-state index contributed by atoms with van der Waals surface area (Å²) in [5.74, 6) is 0.854. The van der Waals surface area contributed by atoms with Crippen molar-refractivity contribution in [2.24, 2.45) is 0 Å². The molecule has 6 nitrogen and oxygen atoms in total. The number of carbonyl (C=O) groups excluding carboxylic acids is 2. The summed E-state index contributed by atoms with van der Waals surface area (Å²) in [5, 5.41) is 5.43. The summed E-state index contributed by atoms with van der Waals surface area (Å²) in [6, 6.07) is 5.49. The van der Waals surface area contributed by atoms with Crippen molar-refractivity contribution in [1.29, 1.82) is 0 Å². The van der Waals surface area contributed by atoms with Gasteiger partial charge >= 0.3 is 0 Å². The summed E-state index contributed by atoms with van der Waals surface area (Å²) in [5.41, 5.74) is 0.902. The second-order valence-corrected chi connectivity index (χ2v) is 4.84. The minimum absolute atomic E-state index is 0.145. The van der Waals surface area contributed by atoms with Gasteiger partial charge in [-0.05, 0) is 24.1 Å². The molecule has 1 aliphatic rings. The molecule has 0 aliphatic carbocycles. The number of carbonyl (C=O) groups is 2. The van der Waals surface area contributed by atoms with E-state index in [0.29, 0.717) is 24.6 Å². The smallest absolute Gasteiger partial charge is 0.231 e. The Morgan fingerprint density at radius 3 is 2.71 bits per heavy atom. The number of rotatable bonds is 7. The van der Waals surface area contributed by atoms with E-state index in [4.69, 9.17) is 9.47 Å². The Morgan fingerprint density at radius 1 is 1.14 bits per heavy atom.